The Balaban J connectivity index is 1.62. The largest absolute Gasteiger partial charge is 0.391 e. The molecular formula is C27H28F3N7O2. The fourth-order valence-electron chi connectivity index (χ4n) is 4.57. The minimum Gasteiger partial charge on any atom is -0.383 e. The smallest absolute Gasteiger partial charge is 0.383 e. The lowest BCUT2D eigenvalue weighted by atomic mass is 9.97. The minimum absolute atomic E-state index is 0.118. The van der Waals surface area contributed by atoms with E-state index >= 15 is 0 Å². The second-order valence-electron chi connectivity index (χ2n) is 9.69. The van der Waals surface area contributed by atoms with Crippen molar-refractivity contribution in [2.24, 2.45) is 0 Å². The van der Waals surface area contributed by atoms with E-state index in [9.17, 15) is 22.8 Å². The maximum atomic E-state index is 13.4. The lowest BCUT2D eigenvalue weighted by molar-refractivity contribution is -0.152. The zero-order valence-corrected chi connectivity index (χ0v) is 21.6. The Morgan fingerprint density at radius 2 is 1.74 bits per heavy atom. The van der Waals surface area contributed by atoms with Crippen LogP contribution < -0.4 is 16.4 Å². The van der Waals surface area contributed by atoms with Gasteiger partial charge in [0.15, 0.2) is 5.65 Å². The van der Waals surface area contributed by atoms with Crippen molar-refractivity contribution < 1.29 is 22.8 Å². The molecule has 0 saturated carbocycles. The molecule has 39 heavy (non-hydrogen) atoms. The average Bonchev–Trinajstić information content (AvgIpc) is 3.20. The van der Waals surface area contributed by atoms with Crippen molar-refractivity contribution in [1.29, 1.82) is 0 Å². The van der Waals surface area contributed by atoms with Crippen molar-refractivity contribution in [3.8, 4) is 11.3 Å². The Kier molecular flexibility index (Phi) is 7.57. The summed E-state index contributed by atoms with van der Waals surface area (Å²) in [6.07, 6.45) is -4.58. The summed E-state index contributed by atoms with van der Waals surface area (Å²) in [5.74, 6) is -0.668. The number of fused-ring (bicyclic) bond motifs is 1. The van der Waals surface area contributed by atoms with E-state index < -0.39 is 24.0 Å². The first kappa shape index (κ1) is 27.6. The highest BCUT2D eigenvalue weighted by Gasteiger charge is 2.41. The van der Waals surface area contributed by atoms with Crippen LogP contribution in [0.15, 0.2) is 54.9 Å². The van der Waals surface area contributed by atoms with Gasteiger partial charge in [-0.15, -0.1) is 0 Å². The maximum Gasteiger partial charge on any atom is 0.391 e. The number of hydrogen-bond acceptors (Lipinski definition) is 6. The Morgan fingerprint density at radius 3 is 2.38 bits per heavy atom. The third-order valence-corrected chi connectivity index (χ3v) is 6.20. The topological polar surface area (TPSA) is 128 Å². The molecule has 0 aliphatic carbocycles. The van der Waals surface area contributed by atoms with Gasteiger partial charge in [0.1, 0.15) is 17.8 Å². The zero-order valence-electron chi connectivity index (χ0n) is 21.6. The summed E-state index contributed by atoms with van der Waals surface area (Å²) in [4.78, 5) is 32.5. The van der Waals surface area contributed by atoms with Crippen molar-refractivity contribution in [1.82, 2.24) is 30.4 Å². The Hall–Kier alpha value is -4.48. The van der Waals surface area contributed by atoms with Gasteiger partial charge in [-0.1, -0.05) is 42.5 Å². The molecule has 0 fully saturated rings. The van der Waals surface area contributed by atoms with Crippen LogP contribution in [0.4, 0.5) is 19.0 Å². The molecule has 0 saturated heterocycles. The number of hydrogen-bond donors (Lipinski definition) is 3. The van der Waals surface area contributed by atoms with Crippen LogP contribution in [0.25, 0.3) is 22.3 Å². The van der Waals surface area contributed by atoms with Gasteiger partial charge >= 0.3 is 6.18 Å². The molecule has 9 nitrogen and oxygen atoms in total. The number of amides is 2. The monoisotopic (exact) mass is 539 g/mol. The van der Waals surface area contributed by atoms with Crippen LogP contribution in [0.1, 0.15) is 41.8 Å². The quantitative estimate of drug-likeness (QED) is 0.309. The zero-order chi connectivity index (χ0) is 28.4. The van der Waals surface area contributed by atoms with E-state index in [1.165, 1.54) is 17.9 Å². The Labute approximate surface area is 222 Å². The fraction of sp³-hybridized carbons (Fsp3) is 0.296. The molecule has 1 unspecified atom stereocenters. The first-order chi connectivity index (χ1) is 18.3. The molecule has 0 aliphatic rings. The predicted octanol–water partition coefficient (Wildman–Crippen LogP) is 4.16. The number of halogens is 3. The van der Waals surface area contributed by atoms with Crippen LogP contribution in [0, 0.1) is 6.92 Å². The van der Waals surface area contributed by atoms with Crippen LogP contribution >= 0.6 is 0 Å². The van der Waals surface area contributed by atoms with Crippen molar-refractivity contribution in [2.45, 2.75) is 52.0 Å². The van der Waals surface area contributed by atoms with E-state index in [4.69, 9.17) is 5.73 Å². The number of aromatic nitrogens is 4. The number of anilines is 1. The number of nitrogens with one attached hydrogen (secondary N) is 2. The number of rotatable bonds is 8. The van der Waals surface area contributed by atoms with E-state index in [1.807, 2.05) is 31.2 Å². The Bertz CT molecular complexity index is 1520. The van der Waals surface area contributed by atoms with Gasteiger partial charge in [-0.2, -0.15) is 18.3 Å². The average molecular weight is 540 g/mol. The number of alkyl halides is 3. The molecule has 0 bridgehead atoms. The third-order valence-electron chi connectivity index (χ3n) is 6.20. The summed E-state index contributed by atoms with van der Waals surface area (Å²) in [6, 6.07) is 14.5. The van der Waals surface area contributed by atoms with Gasteiger partial charge in [0, 0.05) is 24.6 Å². The Morgan fingerprint density at radius 1 is 1.05 bits per heavy atom. The van der Waals surface area contributed by atoms with E-state index in [2.05, 4.69) is 25.7 Å². The highest BCUT2D eigenvalue weighted by atomic mass is 19.4. The van der Waals surface area contributed by atoms with Crippen LogP contribution in [0.2, 0.25) is 0 Å². The molecule has 1 atom stereocenters. The van der Waals surface area contributed by atoms with E-state index in [0.717, 1.165) is 18.1 Å². The fourth-order valence-corrected chi connectivity index (χ4v) is 4.57. The van der Waals surface area contributed by atoms with Crippen LogP contribution in [0.3, 0.4) is 0 Å². The van der Waals surface area contributed by atoms with Crippen LogP contribution in [0.5, 0.6) is 0 Å². The molecule has 0 spiro atoms. The first-order valence-electron chi connectivity index (χ1n) is 12.1. The van der Waals surface area contributed by atoms with Crippen molar-refractivity contribution >= 4 is 28.7 Å². The normalized spacial score (nSPS) is 13.2. The SMILES string of the molecule is CC(=O)NC(C)(Cn1nc(-c2ccc(CNC(=O)c3ccccc3C)cc2)c2c(N)ncnc21)CC(F)(F)F. The van der Waals surface area contributed by atoms with E-state index in [0.29, 0.717) is 28.8 Å². The summed E-state index contributed by atoms with van der Waals surface area (Å²) < 4.78 is 41.4. The summed E-state index contributed by atoms with van der Waals surface area (Å²) in [7, 11) is 0. The van der Waals surface area contributed by atoms with Gasteiger partial charge in [0.05, 0.1) is 23.9 Å². The summed E-state index contributed by atoms with van der Waals surface area (Å²) in [5.41, 5.74) is 8.01. The van der Waals surface area contributed by atoms with Gasteiger partial charge in [-0.05, 0) is 31.0 Å². The lowest BCUT2D eigenvalue weighted by Crippen LogP contribution is -2.51. The summed E-state index contributed by atoms with van der Waals surface area (Å²) in [5, 5.41) is 10.2. The highest BCUT2D eigenvalue weighted by Crippen LogP contribution is 2.33. The molecule has 12 heteroatoms. The number of nitrogens with two attached hydrogens (primary N) is 1. The molecule has 4 N–H and O–H groups in total. The molecule has 2 aromatic heterocycles. The molecular weight excluding hydrogens is 511 g/mol. The van der Waals surface area contributed by atoms with Gasteiger partial charge in [0.25, 0.3) is 5.91 Å². The molecule has 2 heterocycles. The number of nitrogens with zero attached hydrogens (tertiary/aromatic N) is 4. The molecule has 0 aliphatic heterocycles. The molecule has 2 aromatic carbocycles. The van der Waals surface area contributed by atoms with E-state index in [-0.39, 0.29) is 23.9 Å². The molecule has 2 amide bonds. The molecule has 0 radical (unpaired) electrons. The number of carbonyl (C=O) groups excluding carboxylic acids is 2. The van der Waals surface area contributed by atoms with Crippen LogP contribution in [-0.4, -0.2) is 43.3 Å². The number of nitrogen functional groups attached to an aromatic ring is 1. The third kappa shape index (κ3) is 6.51. The first-order valence-corrected chi connectivity index (χ1v) is 12.1. The van der Waals surface area contributed by atoms with Gasteiger partial charge in [-0.25, -0.2) is 14.6 Å². The second-order valence-corrected chi connectivity index (χ2v) is 9.69. The molecule has 4 rings (SSSR count). The number of benzene rings is 2. The molecule has 204 valence electrons. The standard InChI is InChI=1S/C27H28F3N7O2/c1-16-6-4-5-7-20(16)25(39)32-12-18-8-10-19(11-9-18)22-21-23(31)33-15-34-24(21)37(36-22)14-26(3,35-17(2)38)13-27(28,29)30/h4-11,15H,12-14H2,1-3H3,(H,32,39)(H,35,38)(H2,31,33,34). The number of aryl methyl sites for hydroxylation is 1. The van der Waals surface area contributed by atoms with Gasteiger partial charge in [0.2, 0.25) is 5.91 Å². The van der Waals surface area contributed by atoms with Crippen LogP contribution in [-0.2, 0) is 17.9 Å². The van der Waals surface area contributed by atoms with E-state index in [1.54, 1.807) is 24.3 Å². The van der Waals surface area contributed by atoms with Gasteiger partial charge < -0.3 is 16.4 Å². The highest BCUT2D eigenvalue weighted by molar-refractivity contribution is 5.98. The maximum absolute atomic E-state index is 13.4. The van der Waals surface area contributed by atoms with Crippen molar-refractivity contribution in [3.63, 3.8) is 0 Å². The molecule has 4 aromatic rings. The van der Waals surface area contributed by atoms with Crippen molar-refractivity contribution in [2.75, 3.05) is 5.73 Å². The number of carbonyl (C=O) groups is 2. The lowest BCUT2D eigenvalue weighted by Gasteiger charge is -2.31. The second kappa shape index (κ2) is 10.7. The van der Waals surface area contributed by atoms with Gasteiger partial charge in [-0.3, -0.25) is 9.59 Å². The summed E-state index contributed by atoms with van der Waals surface area (Å²) in [6.45, 7) is 4.32. The summed E-state index contributed by atoms with van der Waals surface area (Å²) >= 11 is 0. The minimum atomic E-state index is -4.53. The van der Waals surface area contributed by atoms with Crippen molar-refractivity contribution in [3.05, 3.63) is 71.5 Å². The predicted molar refractivity (Wildman–Crippen MR) is 140 cm³/mol.